The minimum atomic E-state index is -4.53. The number of rotatable bonds is 8. The smallest absolute Gasteiger partial charge is 0.416 e. The summed E-state index contributed by atoms with van der Waals surface area (Å²) in [7, 11) is 1.41. The van der Waals surface area contributed by atoms with E-state index in [1.54, 1.807) is 32.0 Å². The SMILES string of the molecule is CCOC(=O)C1=C(C)NC(=S)NC1c1ccc(OCC(=O)Nc2cccc(C(F)(F)F)c2)c(OC)c1. The number of methoxy groups -OCH3 is 1. The molecule has 0 aromatic heterocycles. The molecule has 0 saturated heterocycles. The standard InChI is InChI=1S/C24H24F3N3O5S/c1-4-34-22(32)20-13(2)28-23(36)30-21(20)14-8-9-17(18(10-14)33-3)35-12-19(31)29-16-7-5-6-15(11-16)24(25,26)27/h5-11,21H,4,12H2,1-3H3,(H,29,31)(H2,28,30,36). The quantitative estimate of drug-likeness (QED) is 0.352. The van der Waals surface area contributed by atoms with Crippen LogP contribution in [0.3, 0.4) is 0 Å². The Labute approximate surface area is 210 Å². The molecule has 0 saturated carbocycles. The normalized spacial score (nSPS) is 15.5. The highest BCUT2D eigenvalue weighted by molar-refractivity contribution is 7.80. The first kappa shape index (κ1) is 26.8. The van der Waals surface area contributed by atoms with Crippen LogP contribution < -0.4 is 25.4 Å². The van der Waals surface area contributed by atoms with Crippen molar-refractivity contribution in [1.82, 2.24) is 10.6 Å². The van der Waals surface area contributed by atoms with Crippen molar-refractivity contribution in [1.29, 1.82) is 0 Å². The number of benzene rings is 2. The Morgan fingerprint density at radius 3 is 2.56 bits per heavy atom. The highest BCUT2D eigenvalue weighted by Gasteiger charge is 2.32. The van der Waals surface area contributed by atoms with Crippen LogP contribution in [0.2, 0.25) is 0 Å². The second-order valence-electron chi connectivity index (χ2n) is 7.62. The van der Waals surface area contributed by atoms with Gasteiger partial charge >= 0.3 is 12.1 Å². The summed E-state index contributed by atoms with van der Waals surface area (Å²) in [6.07, 6.45) is -4.53. The van der Waals surface area contributed by atoms with Gasteiger partial charge in [-0.1, -0.05) is 12.1 Å². The second kappa shape index (κ2) is 11.3. The summed E-state index contributed by atoms with van der Waals surface area (Å²) in [5.74, 6) is -0.677. The molecule has 1 heterocycles. The fraction of sp³-hybridized carbons (Fsp3) is 0.292. The van der Waals surface area contributed by atoms with Gasteiger partial charge in [0.1, 0.15) is 0 Å². The number of alkyl halides is 3. The van der Waals surface area contributed by atoms with Gasteiger partial charge in [0.2, 0.25) is 0 Å². The van der Waals surface area contributed by atoms with Crippen LogP contribution in [0.1, 0.15) is 31.0 Å². The maximum Gasteiger partial charge on any atom is 0.416 e. The van der Waals surface area contributed by atoms with Gasteiger partial charge in [0.25, 0.3) is 5.91 Å². The predicted octanol–water partition coefficient (Wildman–Crippen LogP) is 4.09. The third-order valence-electron chi connectivity index (χ3n) is 5.12. The number of allylic oxidation sites excluding steroid dienone is 1. The fourth-order valence-electron chi connectivity index (χ4n) is 3.52. The maximum absolute atomic E-state index is 12.9. The molecule has 1 aliphatic rings. The third kappa shape index (κ3) is 6.45. The van der Waals surface area contributed by atoms with Crippen LogP contribution in [-0.2, 0) is 20.5 Å². The van der Waals surface area contributed by atoms with Gasteiger partial charge in [-0.05, 0) is 62.0 Å². The number of nitrogens with one attached hydrogen (secondary N) is 3. The van der Waals surface area contributed by atoms with E-state index in [1.165, 1.54) is 19.2 Å². The third-order valence-corrected chi connectivity index (χ3v) is 5.34. The number of ether oxygens (including phenoxy) is 3. The summed E-state index contributed by atoms with van der Waals surface area (Å²) in [5.41, 5.74) is 0.631. The van der Waals surface area contributed by atoms with Crippen molar-refractivity contribution in [2.24, 2.45) is 0 Å². The number of esters is 1. The van der Waals surface area contributed by atoms with E-state index >= 15 is 0 Å². The van der Waals surface area contributed by atoms with Gasteiger partial charge in [-0.15, -0.1) is 0 Å². The van der Waals surface area contributed by atoms with Crippen molar-refractivity contribution in [3.05, 3.63) is 64.9 Å². The van der Waals surface area contributed by atoms with E-state index in [2.05, 4.69) is 16.0 Å². The molecule has 2 aromatic carbocycles. The van der Waals surface area contributed by atoms with E-state index < -0.39 is 36.3 Å². The van der Waals surface area contributed by atoms with E-state index in [1.807, 2.05) is 0 Å². The highest BCUT2D eigenvalue weighted by Crippen LogP contribution is 2.35. The molecular formula is C24H24F3N3O5S. The summed E-state index contributed by atoms with van der Waals surface area (Å²) in [6, 6.07) is 8.50. The Balaban J connectivity index is 1.75. The molecule has 1 atom stereocenters. The summed E-state index contributed by atoms with van der Waals surface area (Å²) in [5, 5.41) is 8.65. The van der Waals surface area contributed by atoms with E-state index in [0.717, 1.165) is 12.1 Å². The van der Waals surface area contributed by atoms with Crippen molar-refractivity contribution >= 4 is 34.9 Å². The van der Waals surface area contributed by atoms with Crippen molar-refractivity contribution in [2.45, 2.75) is 26.1 Å². The number of anilines is 1. The number of carbonyl (C=O) groups excluding carboxylic acids is 2. The van der Waals surface area contributed by atoms with Crippen molar-refractivity contribution in [3.63, 3.8) is 0 Å². The van der Waals surface area contributed by atoms with Crippen molar-refractivity contribution in [3.8, 4) is 11.5 Å². The van der Waals surface area contributed by atoms with Gasteiger partial charge in [0.15, 0.2) is 23.2 Å². The predicted molar refractivity (Wildman–Crippen MR) is 130 cm³/mol. The van der Waals surface area contributed by atoms with Gasteiger partial charge < -0.3 is 30.2 Å². The number of hydrogen-bond donors (Lipinski definition) is 3. The molecule has 0 radical (unpaired) electrons. The maximum atomic E-state index is 12.9. The summed E-state index contributed by atoms with van der Waals surface area (Å²) >= 11 is 5.23. The fourth-order valence-corrected chi connectivity index (χ4v) is 3.79. The minimum absolute atomic E-state index is 0.0117. The Morgan fingerprint density at radius 1 is 1.14 bits per heavy atom. The molecule has 1 amide bonds. The molecule has 8 nitrogen and oxygen atoms in total. The van der Waals surface area contributed by atoms with Crippen LogP contribution in [0.4, 0.5) is 18.9 Å². The molecule has 12 heteroatoms. The zero-order valence-corrected chi connectivity index (χ0v) is 20.4. The lowest BCUT2D eigenvalue weighted by Gasteiger charge is -2.30. The van der Waals surface area contributed by atoms with E-state index in [0.29, 0.717) is 21.9 Å². The molecule has 1 aliphatic heterocycles. The number of carbonyl (C=O) groups is 2. The number of hydrogen-bond acceptors (Lipinski definition) is 6. The highest BCUT2D eigenvalue weighted by atomic mass is 32.1. The molecule has 0 bridgehead atoms. The zero-order chi connectivity index (χ0) is 26.5. The Kier molecular flexibility index (Phi) is 8.41. The molecule has 0 aliphatic carbocycles. The monoisotopic (exact) mass is 523 g/mol. The van der Waals surface area contributed by atoms with Crippen LogP contribution in [0.15, 0.2) is 53.7 Å². The lowest BCUT2D eigenvalue weighted by atomic mass is 9.95. The largest absolute Gasteiger partial charge is 0.493 e. The first-order chi connectivity index (χ1) is 17.0. The summed E-state index contributed by atoms with van der Waals surface area (Å²) < 4.78 is 54.7. The van der Waals surface area contributed by atoms with Gasteiger partial charge in [0, 0.05) is 11.4 Å². The Morgan fingerprint density at radius 2 is 1.89 bits per heavy atom. The van der Waals surface area contributed by atoms with Crippen LogP contribution in [0, 0.1) is 0 Å². The molecule has 192 valence electrons. The van der Waals surface area contributed by atoms with Crippen LogP contribution in [0.5, 0.6) is 11.5 Å². The first-order valence-corrected chi connectivity index (χ1v) is 11.2. The molecule has 0 spiro atoms. The van der Waals surface area contributed by atoms with E-state index in [9.17, 15) is 22.8 Å². The Bertz CT molecular complexity index is 1200. The van der Waals surface area contributed by atoms with Gasteiger partial charge in [-0.25, -0.2) is 4.79 Å². The average molecular weight is 524 g/mol. The van der Waals surface area contributed by atoms with Gasteiger partial charge in [-0.3, -0.25) is 4.79 Å². The molecule has 36 heavy (non-hydrogen) atoms. The lowest BCUT2D eigenvalue weighted by molar-refractivity contribution is -0.139. The average Bonchev–Trinajstić information content (AvgIpc) is 2.81. The zero-order valence-electron chi connectivity index (χ0n) is 19.6. The molecule has 1 unspecified atom stereocenters. The van der Waals surface area contributed by atoms with Crippen molar-refractivity contribution in [2.75, 3.05) is 25.6 Å². The van der Waals surface area contributed by atoms with Gasteiger partial charge in [-0.2, -0.15) is 13.2 Å². The minimum Gasteiger partial charge on any atom is -0.493 e. The number of thiocarbonyl (C=S) groups is 1. The number of halogens is 3. The van der Waals surface area contributed by atoms with Gasteiger partial charge in [0.05, 0.1) is 30.9 Å². The first-order valence-electron chi connectivity index (χ1n) is 10.8. The molecular weight excluding hydrogens is 499 g/mol. The van der Waals surface area contributed by atoms with Crippen molar-refractivity contribution < 1.29 is 37.0 Å². The van der Waals surface area contributed by atoms with Crippen LogP contribution in [0.25, 0.3) is 0 Å². The van der Waals surface area contributed by atoms with E-state index in [-0.39, 0.29) is 23.8 Å². The Hall–Kier alpha value is -3.80. The molecule has 2 aromatic rings. The molecule has 0 fully saturated rings. The molecule has 3 N–H and O–H groups in total. The van der Waals surface area contributed by atoms with Crippen LogP contribution >= 0.6 is 12.2 Å². The van der Waals surface area contributed by atoms with E-state index in [4.69, 9.17) is 26.4 Å². The number of amides is 1. The molecule has 3 rings (SSSR count). The second-order valence-corrected chi connectivity index (χ2v) is 8.02. The summed E-state index contributed by atoms with van der Waals surface area (Å²) in [4.78, 5) is 24.8. The lowest BCUT2D eigenvalue weighted by Crippen LogP contribution is -2.45. The summed E-state index contributed by atoms with van der Waals surface area (Å²) in [6.45, 7) is 3.14. The van der Waals surface area contributed by atoms with Crippen LogP contribution in [-0.4, -0.2) is 37.3 Å². The topological polar surface area (TPSA) is 97.9 Å².